The molecule has 0 aliphatic rings. The van der Waals surface area contributed by atoms with Crippen molar-refractivity contribution < 1.29 is 0 Å². The standard InChI is InChI=1S/C12H23N3/c1-5-6-8-15-9-7-11(14-15)10-13-12(2,3)4/h7,9,13H,5-6,8,10H2,1-4H3. The molecule has 15 heavy (non-hydrogen) atoms. The largest absolute Gasteiger partial charge is 0.306 e. The van der Waals surface area contributed by atoms with Gasteiger partial charge in [-0.2, -0.15) is 5.10 Å². The van der Waals surface area contributed by atoms with Crippen LogP contribution in [0.15, 0.2) is 12.3 Å². The molecule has 1 aromatic heterocycles. The van der Waals surface area contributed by atoms with Crippen molar-refractivity contribution in [3.8, 4) is 0 Å². The van der Waals surface area contributed by atoms with Crippen LogP contribution in [0.1, 0.15) is 46.2 Å². The van der Waals surface area contributed by atoms with E-state index < -0.39 is 0 Å². The van der Waals surface area contributed by atoms with Crippen LogP contribution < -0.4 is 5.32 Å². The first-order chi connectivity index (χ1) is 7.01. The summed E-state index contributed by atoms with van der Waals surface area (Å²) in [7, 11) is 0. The monoisotopic (exact) mass is 209 g/mol. The number of unbranched alkanes of at least 4 members (excludes halogenated alkanes) is 1. The van der Waals surface area contributed by atoms with Gasteiger partial charge in [0.1, 0.15) is 0 Å². The van der Waals surface area contributed by atoms with Gasteiger partial charge in [-0.3, -0.25) is 4.68 Å². The summed E-state index contributed by atoms with van der Waals surface area (Å²) in [5, 5.41) is 7.94. The molecule has 0 radical (unpaired) electrons. The number of hydrogen-bond acceptors (Lipinski definition) is 2. The highest BCUT2D eigenvalue weighted by atomic mass is 15.3. The molecule has 86 valence electrons. The normalized spacial score (nSPS) is 12.0. The first-order valence-corrected chi connectivity index (χ1v) is 5.78. The Balaban J connectivity index is 2.39. The average molecular weight is 209 g/mol. The molecule has 1 heterocycles. The zero-order valence-electron chi connectivity index (χ0n) is 10.4. The van der Waals surface area contributed by atoms with Crippen molar-refractivity contribution in [2.24, 2.45) is 0 Å². The molecule has 0 fully saturated rings. The molecular formula is C12H23N3. The maximum Gasteiger partial charge on any atom is 0.0762 e. The molecule has 0 spiro atoms. The van der Waals surface area contributed by atoms with Gasteiger partial charge in [-0.25, -0.2) is 0 Å². The topological polar surface area (TPSA) is 29.9 Å². The van der Waals surface area contributed by atoms with E-state index in [1.165, 1.54) is 12.8 Å². The summed E-state index contributed by atoms with van der Waals surface area (Å²) in [6.45, 7) is 10.6. The highest BCUT2D eigenvalue weighted by Crippen LogP contribution is 2.03. The quantitative estimate of drug-likeness (QED) is 0.807. The Labute approximate surface area is 92.9 Å². The lowest BCUT2D eigenvalue weighted by atomic mass is 10.1. The molecule has 0 bridgehead atoms. The third-order valence-electron chi connectivity index (χ3n) is 2.24. The van der Waals surface area contributed by atoms with E-state index in [-0.39, 0.29) is 5.54 Å². The van der Waals surface area contributed by atoms with Gasteiger partial charge >= 0.3 is 0 Å². The van der Waals surface area contributed by atoms with Crippen molar-refractivity contribution in [2.75, 3.05) is 0 Å². The van der Waals surface area contributed by atoms with Crippen molar-refractivity contribution in [1.29, 1.82) is 0 Å². The van der Waals surface area contributed by atoms with Crippen LogP contribution in [0.4, 0.5) is 0 Å². The van der Waals surface area contributed by atoms with Crippen molar-refractivity contribution >= 4 is 0 Å². The Morgan fingerprint density at radius 2 is 2.13 bits per heavy atom. The first kappa shape index (κ1) is 12.2. The SMILES string of the molecule is CCCCn1ccc(CNC(C)(C)C)n1. The summed E-state index contributed by atoms with van der Waals surface area (Å²) in [6.07, 6.45) is 4.48. The van der Waals surface area contributed by atoms with Crippen LogP contribution in [0.3, 0.4) is 0 Å². The number of nitrogens with zero attached hydrogens (tertiary/aromatic N) is 2. The molecular weight excluding hydrogens is 186 g/mol. The van der Waals surface area contributed by atoms with Gasteiger partial charge in [0, 0.05) is 24.8 Å². The molecule has 0 aliphatic carbocycles. The van der Waals surface area contributed by atoms with Crippen LogP contribution in [0.2, 0.25) is 0 Å². The average Bonchev–Trinajstić information content (AvgIpc) is 2.58. The van der Waals surface area contributed by atoms with Crippen molar-refractivity contribution in [1.82, 2.24) is 15.1 Å². The Kier molecular flexibility index (Phi) is 4.33. The minimum Gasteiger partial charge on any atom is -0.306 e. The second-order valence-electron chi connectivity index (χ2n) is 5.03. The minimum absolute atomic E-state index is 0.160. The summed E-state index contributed by atoms with van der Waals surface area (Å²) in [4.78, 5) is 0. The van der Waals surface area contributed by atoms with Crippen molar-refractivity contribution in [3.63, 3.8) is 0 Å². The predicted octanol–water partition coefficient (Wildman–Crippen LogP) is 2.57. The number of aromatic nitrogens is 2. The van der Waals surface area contributed by atoms with E-state index in [9.17, 15) is 0 Å². The van der Waals surface area contributed by atoms with Crippen molar-refractivity contribution in [3.05, 3.63) is 18.0 Å². The van der Waals surface area contributed by atoms with E-state index in [0.29, 0.717) is 0 Å². The fraction of sp³-hybridized carbons (Fsp3) is 0.750. The van der Waals surface area contributed by atoms with Crippen LogP contribution in [-0.4, -0.2) is 15.3 Å². The highest BCUT2D eigenvalue weighted by Gasteiger charge is 2.09. The van der Waals surface area contributed by atoms with Gasteiger partial charge in [-0.05, 0) is 33.3 Å². The molecule has 1 rings (SSSR count). The number of hydrogen-bond donors (Lipinski definition) is 1. The molecule has 3 heteroatoms. The Morgan fingerprint density at radius 3 is 2.73 bits per heavy atom. The highest BCUT2D eigenvalue weighted by molar-refractivity contribution is 4.99. The number of nitrogens with one attached hydrogen (secondary N) is 1. The molecule has 1 aromatic rings. The summed E-state index contributed by atoms with van der Waals surface area (Å²) in [5.74, 6) is 0. The molecule has 0 unspecified atom stereocenters. The van der Waals surface area contributed by atoms with E-state index >= 15 is 0 Å². The maximum atomic E-state index is 4.50. The van der Waals surface area contributed by atoms with Crippen LogP contribution >= 0.6 is 0 Å². The Hall–Kier alpha value is -0.830. The zero-order chi connectivity index (χ0) is 11.3. The van der Waals surface area contributed by atoms with Gasteiger partial charge in [0.15, 0.2) is 0 Å². The third kappa shape index (κ3) is 4.98. The lowest BCUT2D eigenvalue weighted by molar-refractivity contribution is 0.418. The first-order valence-electron chi connectivity index (χ1n) is 5.78. The van der Waals surface area contributed by atoms with Gasteiger partial charge in [0.25, 0.3) is 0 Å². The smallest absolute Gasteiger partial charge is 0.0762 e. The fourth-order valence-corrected chi connectivity index (χ4v) is 1.30. The van der Waals surface area contributed by atoms with E-state index in [4.69, 9.17) is 0 Å². The molecule has 1 N–H and O–H groups in total. The molecule has 3 nitrogen and oxygen atoms in total. The van der Waals surface area contributed by atoms with Crippen molar-refractivity contribution in [2.45, 2.75) is 59.2 Å². The summed E-state index contributed by atoms with van der Waals surface area (Å²) >= 11 is 0. The lowest BCUT2D eigenvalue weighted by Gasteiger charge is -2.19. The van der Waals surface area contributed by atoms with Crippen LogP contribution in [0.5, 0.6) is 0 Å². The van der Waals surface area contributed by atoms with Gasteiger partial charge < -0.3 is 5.32 Å². The van der Waals surface area contributed by atoms with Crippen LogP contribution in [0.25, 0.3) is 0 Å². The minimum atomic E-state index is 0.160. The van der Waals surface area contributed by atoms with E-state index in [2.05, 4.69) is 50.4 Å². The molecule has 0 aliphatic heterocycles. The predicted molar refractivity (Wildman–Crippen MR) is 63.7 cm³/mol. The third-order valence-corrected chi connectivity index (χ3v) is 2.24. The zero-order valence-corrected chi connectivity index (χ0v) is 10.4. The molecule has 0 amide bonds. The lowest BCUT2D eigenvalue weighted by Crippen LogP contribution is -2.35. The molecule has 0 aromatic carbocycles. The van der Waals surface area contributed by atoms with Gasteiger partial charge in [-0.15, -0.1) is 0 Å². The molecule has 0 saturated heterocycles. The molecule has 0 saturated carbocycles. The summed E-state index contributed by atoms with van der Waals surface area (Å²) < 4.78 is 2.03. The second kappa shape index (κ2) is 5.31. The second-order valence-corrected chi connectivity index (χ2v) is 5.03. The summed E-state index contributed by atoms with van der Waals surface area (Å²) in [6, 6.07) is 2.09. The summed E-state index contributed by atoms with van der Waals surface area (Å²) in [5.41, 5.74) is 1.29. The van der Waals surface area contributed by atoms with E-state index in [1.54, 1.807) is 0 Å². The Bertz CT molecular complexity index is 283. The van der Waals surface area contributed by atoms with Gasteiger partial charge in [0.2, 0.25) is 0 Å². The number of aryl methyl sites for hydroxylation is 1. The van der Waals surface area contributed by atoms with E-state index in [1.807, 2.05) is 4.68 Å². The van der Waals surface area contributed by atoms with Gasteiger partial charge in [-0.1, -0.05) is 13.3 Å². The van der Waals surface area contributed by atoms with Crippen LogP contribution in [-0.2, 0) is 13.1 Å². The fourth-order valence-electron chi connectivity index (χ4n) is 1.30. The maximum absolute atomic E-state index is 4.50. The van der Waals surface area contributed by atoms with Gasteiger partial charge in [0.05, 0.1) is 5.69 Å². The van der Waals surface area contributed by atoms with Crippen LogP contribution in [0, 0.1) is 0 Å². The Morgan fingerprint density at radius 1 is 1.40 bits per heavy atom. The van der Waals surface area contributed by atoms with E-state index in [0.717, 1.165) is 18.8 Å². The number of rotatable bonds is 5. The molecule has 0 atom stereocenters.